The number of imide groups is 1. The monoisotopic (exact) mass is 489 g/mol. The van der Waals surface area contributed by atoms with Gasteiger partial charge in [-0.3, -0.25) is 19.3 Å². The Morgan fingerprint density at radius 3 is 2.68 bits per heavy atom. The molecule has 4 rings (SSSR count). The Morgan fingerprint density at radius 2 is 2.00 bits per heavy atom. The van der Waals surface area contributed by atoms with Crippen LogP contribution in [0.5, 0.6) is 0 Å². The Hall–Kier alpha value is -3.09. The van der Waals surface area contributed by atoms with Crippen molar-refractivity contribution in [3.63, 3.8) is 0 Å². The summed E-state index contributed by atoms with van der Waals surface area (Å²) in [6.45, 7) is 1.98. The standard InChI is InChI=1S/C21H21F6N5O2/c1-11-7-15-18(16-9-30(10-17(23)24)5-2-6-31(16)29-15)19(33)32(11)20(34)28-12-3-4-14(22)13(8-12)21(25,26)27/h3-4,8,11,17H,2,5-7,9-10H2,1H3,(H,28,34)/t11-/m1/s1. The maximum absolute atomic E-state index is 13.6. The minimum absolute atomic E-state index is 0.0508. The van der Waals surface area contributed by atoms with E-state index in [1.165, 1.54) is 4.90 Å². The molecule has 13 heteroatoms. The van der Waals surface area contributed by atoms with Crippen LogP contribution in [0.4, 0.5) is 36.8 Å². The van der Waals surface area contributed by atoms with Gasteiger partial charge >= 0.3 is 12.2 Å². The number of nitrogens with one attached hydrogen (secondary N) is 1. The second kappa shape index (κ2) is 8.93. The summed E-state index contributed by atoms with van der Waals surface area (Å²) in [5.74, 6) is -2.21. The number of nitrogens with zero attached hydrogens (tertiary/aromatic N) is 4. The molecule has 3 heterocycles. The number of rotatable bonds is 3. The van der Waals surface area contributed by atoms with Gasteiger partial charge in [0.1, 0.15) is 5.82 Å². The maximum atomic E-state index is 13.6. The molecule has 0 bridgehead atoms. The first-order valence-electron chi connectivity index (χ1n) is 10.6. The summed E-state index contributed by atoms with van der Waals surface area (Å²) in [6.07, 6.45) is -6.77. The van der Waals surface area contributed by atoms with Crippen LogP contribution in [0.3, 0.4) is 0 Å². The van der Waals surface area contributed by atoms with Crippen molar-refractivity contribution >= 4 is 17.6 Å². The zero-order chi connectivity index (χ0) is 24.8. The molecule has 7 nitrogen and oxygen atoms in total. The van der Waals surface area contributed by atoms with E-state index in [1.54, 1.807) is 11.6 Å². The Balaban J connectivity index is 1.61. The topological polar surface area (TPSA) is 70.5 Å². The predicted molar refractivity (Wildman–Crippen MR) is 108 cm³/mol. The SMILES string of the molecule is C[C@@H]1Cc2nn3c(c2C(=O)N1C(=O)Nc1ccc(F)c(C(F)(F)F)c1)CN(CC(F)F)CCC3. The number of anilines is 1. The van der Waals surface area contributed by atoms with Crippen molar-refractivity contribution in [2.45, 2.75) is 51.5 Å². The van der Waals surface area contributed by atoms with E-state index < -0.39 is 48.5 Å². The highest BCUT2D eigenvalue weighted by molar-refractivity contribution is 6.10. The third-order valence-electron chi connectivity index (χ3n) is 5.85. The van der Waals surface area contributed by atoms with E-state index >= 15 is 0 Å². The van der Waals surface area contributed by atoms with Gasteiger partial charge in [-0.1, -0.05) is 0 Å². The second-order valence-corrected chi connectivity index (χ2v) is 8.32. The molecular weight excluding hydrogens is 468 g/mol. The Labute approximate surface area is 190 Å². The summed E-state index contributed by atoms with van der Waals surface area (Å²) < 4.78 is 80.0. The van der Waals surface area contributed by atoms with Crippen molar-refractivity contribution in [3.05, 3.63) is 46.5 Å². The fraction of sp³-hybridized carbons (Fsp3) is 0.476. The number of halogens is 6. The first-order chi connectivity index (χ1) is 16.0. The molecule has 0 saturated heterocycles. The molecule has 0 radical (unpaired) electrons. The normalized spacial score (nSPS) is 19.1. The van der Waals surface area contributed by atoms with Crippen LogP contribution in [0.25, 0.3) is 0 Å². The molecule has 3 amide bonds. The zero-order valence-corrected chi connectivity index (χ0v) is 18.0. The molecule has 0 fully saturated rings. The average molecular weight is 489 g/mol. The average Bonchev–Trinajstić information content (AvgIpc) is 2.93. The van der Waals surface area contributed by atoms with E-state index in [1.807, 2.05) is 0 Å². The number of fused-ring (bicyclic) bond motifs is 3. The summed E-state index contributed by atoms with van der Waals surface area (Å²) in [6, 6.07) is 0.333. The van der Waals surface area contributed by atoms with Crippen LogP contribution in [0.2, 0.25) is 0 Å². The molecule has 1 N–H and O–H groups in total. The zero-order valence-electron chi connectivity index (χ0n) is 18.0. The van der Waals surface area contributed by atoms with Crippen LogP contribution in [0.1, 0.15) is 40.7 Å². The molecule has 0 saturated carbocycles. The number of alkyl halides is 5. The van der Waals surface area contributed by atoms with E-state index in [0.29, 0.717) is 43.0 Å². The van der Waals surface area contributed by atoms with Crippen molar-refractivity contribution in [2.24, 2.45) is 0 Å². The fourth-order valence-electron chi connectivity index (χ4n) is 4.36. The fourth-order valence-corrected chi connectivity index (χ4v) is 4.36. The number of carbonyl (C=O) groups is 2. The molecule has 0 unspecified atom stereocenters. The van der Waals surface area contributed by atoms with Gasteiger partial charge < -0.3 is 5.32 Å². The van der Waals surface area contributed by atoms with Gasteiger partial charge in [0.2, 0.25) is 0 Å². The van der Waals surface area contributed by atoms with Gasteiger partial charge in [-0.15, -0.1) is 0 Å². The Morgan fingerprint density at radius 1 is 1.26 bits per heavy atom. The molecule has 0 spiro atoms. The van der Waals surface area contributed by atoms with Gasteiger partial charge in [0.25, 0.3) is 12.3 Å². The van der Waals surface area contributed by atoms with E-state index in [9.17, 15) is 35.9 Å². The van der Waals surface area contributed by atoms with E-state index in [0.717, 1.165) is 11.0 Å². The third-order valence-corrected chi connectivity index (χ3v) is 5.85. The van der Waals surface area contributed by atoms with Crippen LogP contribution in [0.15, 0.2) is 18.2 Å². The first kappa shape index (κ1) is 24.0. The highest BCUT2D eigenvalue weighted by Gasteiger charge is 2.40. The van der Waals surface area contributed by atoms with Crippen molar-refractivity contribution < 1.29 is 35.9 Å². The van der Waals surface area contributed by atoms with Crippen molar-refractivity contribution in [1.29, 1.82) is 0 Å². The van der Waals surface area contributed by atoms with E-state index in [-0.39, 0.29) is 24.2 Å². The second-order valence-electron chi connectivity index (χ2n) is 8.32. The molecule has 2 aliphatic heterocycles. The summed E-state index contributed by atoms with van der Waals surface area (Å²) in [7, 11) is 0. The Kier molecular flexibility index (Phi) is 6.32. The quantitative estimate of drug-likeness (QED) is 0.659. The summed E-state index contributed by atoms with van der Waals surface area (Å²) in [4.78, 5) is 28.6. The lowest BCUT2D eigenvalue weighted by Gasteiger charge is -2.31. The van der Waals surface area contributed by atoms with Gasteiger partial charge in [-0.25, -0.2) is 18.0 Å². The molecular formula is C21H21F6N5O2. The maximum Gasteiger partial charge on any atom is 0.419 e. The van der Waals surface area contributed by atoms with Crippen LogP contribution >= 0.6 is 0 Å². The number of amides is 3. The number of urea groups is 1. The third kappa shape index (κ3) is 4.61. The van der Waals surface area contributed by atoms with Crippen LogP contribution in [-0.4, -0.2) is 57.1 Å². The molecule has 2 aliphatic rings. The number of aromatic nitrogens is 2. The molecule has 1 atom stereocenters. The van der Waals surface area contributed by atoms with Gasteiger partial charge in [-0.2, -0.15) is 18.3 Å². The lowest BCUT2D eigenvalue weighted by Crippen LogP contribution is -2.49. The number of hydrogen-bond acceptors (Lipinski definition) is 4. The van der Waals surface area contributed by atoms with Crippen LogP contribution < -0.4 is 5.32 Å². The van der Waals surface area contributed by atoms with Gasteiger partial charge in [0.05, 0.1) is 29.1 Å². The van der Waals surface area contributed by atoms with Crippen LogP contribution in [0, 0.1) is 5.82 Å². The van der Waals surface area contributed by atoms with Crippen LogP contribution in [-0.2, 0) is 25.7 Å². The highest BCUT2D eigenvalue weighted by Crippen LogP contribution is 2.34. The number of hydrogen-bond donors (Lipinski definition) is 1. The summed E-state index contributed by atoms with van der Waals surface area (Å²) in [5, 5.41) is 6.67. The molecule has 34 heavy (non-hydrogen) atoms. The molecule has 1 aromatic heterocycles. The molecule has 1 aromatic carbocycles. The smallest absolute Gasteiger partial charge is 0.307 e. The van der Waals surface area contributed by atoms with Gasteiger partial charge in [0.15, 0.2) is 0 Å². The molecule has 184 valence electrons. The molecule has 0 aliphatic carbocycles. The van der Waals surface area contributed by atoms with Crippen molar-refractivity contribution in [3.8, 4) is 0 Å². The minimum atomic E-state index is -4.96. The first-order valence-corrected chi connectivity index (χ1v) is 10.6. The van der Waals surface area contributed by atoms with Crippen molar-refractivity contribution in [1.82, 2.24) is 19.6 Å². The Bertz CT molecular complexity index is 1120. The number of carbonyl (C=O) groups excluding carboxylic acids is 2. The number of aryl methyl sites for hydroxylation is 1. The highest BCUT2D eigenvalue weighted by atomic mass is 19.4. The van der Waals surface area contributed by atoms with E-state index in [2.05, 4.69) is 10.4 Å². The summed E-state index contributed by atoms with van der Waals surface area (Å²) >= 11 is 0. The van der Waals surface area contributed by atoms with E-state index in [4.69, 9.17) is 0 Å². The lowest BCUT2D eigenvalue weighted by atomic mass is 9.99. The number of benzene rings is 1. The minimum Gasteiger partial charge on any atom is -0.307 e. The largest absolute Gasteiger partial charge is 0.419 e. The van der Waals surface area contributed by atoms with Gasteiger partial charge in [-0.05, 0) is 31.5 Å². The van der Waals surface area contributed by atoms with Gasteiger partial charge in [0, 0.05) is 37.8 Å². The predicted octanol–water partition coefficient (Wildman–Crippen LogP) is 4.13. The van der Waals surface area contributed by atoms with Crippen molar-refractivity contribution in [2.75, 3.05) is 18.4 Å². The summed E-state index contributed by atoms with van der Waals surface area (Å²) in [5.41, 5.74) is -0.877. The molecule has 2 aromatic rings. The lowest BCUT2D eigenvalue weighted by molar-refractivity contribution is -0.139.